The van der Waals surface area contributed by atoms with Gasteiger partial charge in [0, 0.05) is 17.9 Å². The summed E-state index contributed by atoms with van der Waals surface area (Å²) in [7, 11) is 0. The molecule has 0 unspecified atom stereocenters. The maximum atomic E-state index is 12.8. The summed E-state index contributed by atoms with van der Waals surface area (Å²) in [6, 6.07) is 10.5. The molecule has 1 atom stereocenters. The van der Waals surface area contributed by atoms with Crippen LogP contribution in [0.5, 0.6) is 0 Å². The van der Waals surface area contributed by atoms with Gasteiger partial charge in [-0.1, -0.05) is 43.2 Å². The lowest BCUT2D eigenvalue weighted by Crippen LogP contribution is -2.33. The normalized spacial score (nSPS) is 15.5. The predicted molar refractivity (Wildman–Crippen MR) is 111 cm³/mol. The number of aromatic nitrogens is 3. The second kappa shape index (κ2) is 8.55. The van der Waals surface area contributed by atoms with E-state index in [9.17, 15) is 4.79 Å². The van der Waals surface area contributed by atoms with E-state index in [4.69, 9.17) is 0 Å². The van der Waals surface area contributed by atoms with Gasteiger partial charge in [-0.2, -0.15) is 5.10 Å². The third-order valence-electron chi connectivity index (χ3n) is 5.65. The minimum atomic E-state index is -0.0890. The Morgan fingerprint density at radius 2 is 1.89 bits per heavy atom. The Morgan fingerprint density at radius 1 is 1.11 bits per heavy atom. The summed E-state index contributed by atoms with van der Waals surface area (Å²) in [5.41, 5.74) is 5.03. The number of rotatable bonds is 5. The molecule has 0 saturated carbocycles. The lowest BCUT2D eigenvalue weighted by atomic mass is 9.98. The first-order chi connectivity index (χ1) is 13.7. The first-order valence-corrected chi connectivity index (χ1v) is 10.4. The molecule has 0 saturated heterocycles. The quantitative estimate of drug-likeness (QED) is 0.728. The number of aryl methyl sites for hydroxylation is 3. The van der Waals surface area contributed by atoms with Crippen LogP contribution in [0.15, 0.2) is 42.7 Å². The molecule has 0 bridgehead atoms. The number of carbonyl (C=O) groups is 1. The zero-order chi connectivity index (χ0) is 19.3. The van der Waals surface area contributed by atoms with Crippen LogP contribution < -0.4 is 5.32 Å². The number of hydrogen-bond acceptors (Lipinski definition) is 3. The van der Waals surface area contributed by atoms with Gasteiger partial charge in [0.2, 0.25) is 0 Å². The van der Waals surface area contributed by atoms with Crippen LogP contribution in [0.4, 0.5) is 0 Å². The Balaban J connectivity index is 1.47. The van der Waals surface area contributed by atoms with E-state index in [1.54, 1.807) is 6.20 Å². The Kier molecular flexibility index (Phi) is 5.70. The minimum absolute atomic E-state index is 0.0890. The van der Waals surface area contributed by atoms with Crippen LogP contribution in [0.3, 0.4) is 0 Å². The highest BCUT2D eigenvalue weighted by atomic mass is 16.1. The Hall–Kier alpha value is -2.69. The number of nitrogens with zero attached hydrogens (tertiary/aromatic N) is 3. The molecule has 28 heavy (non-hydrogen) atoms. The SMILES string of the molecule is C[C@H](CCc1ccccc1)NC(=O)c1cnn2c3c(cnc12)CCCCCC3. The van der Waals surface area contributed by atoms with Crippen molar-refractivity contribution in [1.82, 2.24) is 19.9 Å². The van der Waals surface area contributed by atoms with Gasteiger partial charge in [-0.15, -0.1) is 0 Å². The number of benzene rings is 1. The molecule has 0 aliphatic heterocycles. The molecule has 1 aliphatic carbocycles. The van der Waals surface area contributed by atoms with Crippen LogP contribution in [-0.4, -0.2) is 26.5 Å². The highest BCUT2D eigenvalue weighted by molar-refractivity contribution is 5.99. The van der Waals surface area contributed by atoms with Gasteiger partial charge in [-0.25, -0.2) is 9.50 Å². The van der Waals surface area contributed by atoms with E-state index in [1.807, 2.05) is 28.9 Å². The Bertz CT molecular complexity index is 948. The van der Waals surface area contributed by atoms with E-state index in [-0.39, 0.29) is 11.9 Å². The molecule has 0 radical (unpaired) electrons. The lowest BCUT2D eigenvalue weighted by Gasteiger charge is -2.15. The van der Waals surface area contributed by atoms with E-state index < -0.39 is 0 Å². The Morgan fingerprint density at radius 3 is 2.71 bits per heavy atom. The average Bonchev–Trinajstić information content (AvgIpc) is 3.12. The highest BCUT2D eigenvalue weighted by Gasteiger charge is 2.19. The van der Waals surface area contributed by atoms with E-state index in [2.05, 4.69) is 34.5 Å². The summed E-state index contributed by atoms with van der Waals surface area (Å²) >= 11 is 0. The summed E-state index contributed by atoms with van der Waals surface area (Å²) in [5.74, 6) is -0.0890. The molecule has 3 aromatic rings. The van der Waals surface area contributed by atoms with Crippen molar-refractivity contribution in [3.8, 4) is 0 Å². The van der Waals surface area contributed by atoms with Crippen molar-refractivity contribution in [2.24, 2.45) is 0 Å². The molecule has 0 spiro atoms. The van der Waals surface area contributed by atoms with Gasteiger partial charge in [0.25, 0.3) is 5.91 Å². The Labute approximate surface area is 166 Å². The third-order valence-corrected chi connectivity index (χ3v) is 5.65. The standard InChI is InChI=1S/C23H28N4O/c1-17(13-14-18-9-5-4-6-10-18)26-23(28)20-16-25-27-21-12-8-3-2-7-11-19(21)15-24-22(20)27/h4-6,9-10,15-17H,2-3,7-8,11-14H2,1H3,(H,26,28)/t17-/m1/s1. The number of hydrogen-bond donors (Lipinski definition) is 1. The summed E-state index contributed by atoms with van der Waals surface area (Å²) in [6.07, 6.45) is 12.4. The molecule has 0 fully saturated rings. The smallest absolute Gasteiger partial charge is 0.256 e. The van der Waals surface area contributed by atoms with E-state index >= 15 is 0 Å². The van der Waals surface area contributed by atoms with Crippen LogP contribution in [0.1, 0.15) is 66.2 Å². The molecule has 5 heteroatoms. The van der Waals surface area contributed by atoms with Gasteiger partial charge in [0.15, 0.2) is 5.65 Å². The van der Waals surface area contributed by atoms with Crippen molar-refractivity contribution >= 4 is 11.6 Å². The maximum absolute atomic E-state index is 12.8. The van der Waals surface area contributed by atoms with E-state index in [0.717, 1.165) is 25.7 Å². The zero-order valence-electron chi connectivity index (χ0n) is 16.5. The van der Waals surface area contributed by atoms with Gasteiger partial charge >= 0.3 is 0 Å². The van der Waals surface area contributed by atoms with Crippen molar-refractivity contribution in [2.45, 2.75) is 64.3 Å². The molecular formula is C23H28N4O. The van der Waals surface area contributed by atoms with Crippen LogP contribution in [0, 0.1) is 0 Å². The van der Waals surface area contributed by atoms with Crippen molar-refractivity contribution in [1.29, 1.82) is 0 Å². The average molecular weight is 377 g/mol. The van der Waals surface area contributed by atoms with E-state index in [1.165, 1.54) is 42.5 Å². The number of carbonyl (C=O) groups excluding carboxylic acids is 1. The summed E-state index contributed by atoms with van der Waals surface area (Å²) in [6.45, 7) is 2.05. The number of nitrogens with one attached hydrogen (secondary N) is 1. The second-order valence-corrected chi connectivity index (χ2v) is 7.84. The number of amides is 1. The molecule has 4 rings (SSSR count). The minimum Gasteiger partial charge on any atom is -0.349 e. The molecule has 146 valence electrons. The van der Waals surface area contributed by atoms with Gasteiger partial charge in [0.1, 0.15) is 5.56 Å². The second-order valence-electron chi connectivity index (χ2n) is 7.84. The molecule has 1 amide bonds. The molecule has 5 nitrogen and oxygen atoms in total. The monoisotopic (exact) mass is 376 g/mol. The zero-order valence-corrected chi connectivity index (χ0v) is 16.5. The fourth-order valence-corrected chi connectivity index (χ4v) is 4.01. The third kappa shape index (κ3) is 4.08. The summed E-state index contributed by atoms with van der Waals surface area (Å²) in [5, 5.41) is 7.63. The molecule has 2 aromatic heterocycles. The molecular weight excluding hydrogens is 348 g/mol. The summed E-state index contributed by atoms with van der Waals surface area (Å²) in [4.78, 5) is 17.4. The van der Waals surface area contributed by atoms with Gasteiger partial charge in [-0.3, -0.25) is 4.79 Å². The maximum Gasteiger partial charge on any atom is 0.256 e. The predicted octanol–water partition coefficient (Wildman–Crippen LogP) is 4.14. The molecule has 1 N–H and O–H groups in total. The van der Waals surface area contributed by atoms with Gasteiger partial charge in [-0.05, 0) is 56.6 Å². The molecule has 1 aromatic carbocycles. The fourth-order valence-electron chi connectivity index (χ4n) is 4.01. The largest absolute Gasteiger partial charge is 0.349 e. The fraction of sp³-hybridized carbons (Fsp3) is 0.435. The van der Waals surface area contributed by atoms with Gasteiger partial charge < -0.3 is 5.32 Å². The van der Waals surface area contributed by atoms with Gasteiger partial charge in [0.05, 0.1) is 6.20 Å². The van der Waals surface area contributed by atoms with Crippen molar-refractivity contribution in [2.75, 3.05) is 0 Å². The number of fused-ring (bicyclic) bond motifs is 3. The lowest BCUT2D eigenvalue weighted by molar-refractivity contribution is 0.0940. The first-order valence-electron chi connectivity index (χ1n) is 10.4. The van der Waals surface area contributed by atoms with Crippen molar-refractivity contribution in [3.05, 3.63) is 65.1 Å². The molecule has 2 heterocycles. The topological polar surface area (TPSA) is 59.3 Å². The van der Waals surface area contributed by atoms with Crippen LogP contribution in [0.25, 0.3) is 5.65 Å². The van der Waals surface area contributed by atoms with Crippen LogP contribution in [0.2, 0.25) is 0 Å². The summed E-state index contributed by atoms with van der Waals surface area (Å²) < 4.78 is 1.89. The van der Waals surface area contributed by atoms with E-state index in [0.29, 0.717) is 11.2 Å². The van der Waals surface area contributed by atoms with Crippen LogP contribution >= 0.6 is 0 Å². The van der Waals surface area contributed by atoms with Crippen molar-refractivity contribution < 1.29 is 4.79 Å². The van der Waals surface area contributed by atoms with Crippen LogP contribution in [-0.2, 0) is 19.3 Å². The van der Waals surface area contributed by atoms with Crippen molar-refractivity contribution in [3.63, 3.8) is 0 Å². The molecule has 1 aliphatic rings. The highest BCUT2D eigenvalue weighted by Crippen LogP contribution is 2.21. The first kappa shape index (κ1) is 18.7.